The van der Waals surface area contributed by atoms with Crippen LogP contribution < -0.4 is 4.74 Å². The highest BCUT2D eigenvalue weighted by Gasteiger charge is 2.10. The summed E-state index contributed by atoms with van der Waals surface area (Å²) in [5.74, 6) is 0.825. The minimum atomic E-state index is -0.380. The molecule has 0 heterocycles. The van der Waals surface area contributed by atoms with Gasteiger partial charge in [-0.2, -0.15) is 0 Å². The molecule has 0 fully saturated rings. The molecule has 0 atom stereocenters. The van der Waals surface area contributed by atoms with E-state index in [1.165, 1.54) is 0 Å². The van der Waals surface area contributed by atoms with Crippen LogP contribution in [0.5, 0.6) is 5.75 Å². The van der Waals surface area contributed by atoms with Gasteiger partial charge in [-0.25, -0.2) is 0 Å². The van der Waals surface area contributed by atoms with Crippen LogP contribution in [0, 0.1) is 10.1 Å². The molecular formula is C23H17NO3. The zero-order valence-corrected chi connectivity index (χ0v) is 14.8. The molecule has 0 N–H and O–H groups in total. The predicted molar refractivity (Wildman–Crippen MR) is 108 cm³/mol. The zero-order chi connectivity index (χ0) is 18.8. The molecule has 0 amide bonds. The van der Waals surface area contributed by atoms with Crippen molar-refractivity contribution < 1.29 is 9.66 Å². The van der Waals surface area contributed by atoms with Crippen molar-refractivity contribution >= 4 is 16.5 Å². The Bertz CT molecular complexity index is 1120. The molecule has 4 aromatic carbocycles. The summed E-state index contributed by atoms with van der Waals surface area (Å²) in [4.78, 5) is 10.5. The minimum absolute atomic E-state index is 0.0953. The number of non-ortho nitro benzene ring substituents is 1. The number of fused-ring (bicyclic) bond motifs is 1. The average Bonchev–Trinajstić information content (AvgIpc) is 2.73. The molecule has 0 aliphatic heterocycles. The molecule has 0 bridgehead atoms. The maximum absolute atomic E-state index is 10.9. The van der Waals surface area contributed by atoms with Crippen molar-refractivity contribution in [1.82, 2.24) is 0 Å². The summed E-state index contributed by atoms with van der Waals surface area (Å²) in [6.07, 6.45) is 0. The van der Waals surface area contributed by atoms with Crippen LogP contribution in [0.4, 0.5) is 5.69 Å². The van der Waals surface area contributed by atoms with Gasteiger partial charge >= 0.3 is 0 Å². The van der Waals surface area contributed by atoms with Crippen LogP contribution in [0.15, 0.2) is 84.9 Å². The quantitative estimate of drug-likeness (QED) is 0.329. The summed E-state index contributed by atoms with van der Waals surface area (Å²) >= 11 is 0. The van der Waals surface area contributed by atoms with Gasteiger partial charge in [-0.3, -0.25) is 10.1 Å². The van der Waals surface area contributed by atoms with Crippen LogP contribution >= 0.6 is 0 Å². The van der Waals surface area contributed by atoms with Crippen LogP contribution in [0.25, 0.3) is 33.0 Å². The van der Waals surface area contributed by atoms with Crippen molar-refractivity contribution in [2.45, 2.75) is 0 Å². The van der Waals surface area contributed by atoms with Gasteiger partial charge in [-0.05, 0) is 57.3 Å². The summed E-state index contributed by atoms with van der Waals surface area (Å²) in [5, 5.41) is 13.2. The van der Waals surface area contributed by atoms with Gasteiger partial charge in [0.2, 0.25) is 0 Å². The van der Waals surface area contributed by atoms with Gasteiger partial charge in [-0.15, -0.1) is 0 Å². The second kappa shape index (κ2) is 6.92. The fourth-order valence-electron chi connectivity index (χ4n) is 3.35. The molecule has 4 nitrogen and oxygen atoms in total. The molecule has 0 unspecified atom stereocenters. The first-order valence-electron chi connectivity index (χ1n) is 8.58. The standard InChI is InChI=1S/C23H17NO3/c1-27-19-14-10-17(11-15-19)21-5-3-6-22-20(4-2-7-23(21)22)16-8-12-18(13-9-16)24(25)26/h2-15H,1H3. The third kappa shape index (κ3) is 3.13. The number of nitro groups is 1. The molecule has 0 aliphatic rings. The first kappa shape index (κ1) is 16.8. The fourth-order valence-corrected chi connectivity index (χ4v) is 3.35. The average molecular weight is 355 g/mol. The Hall–Kier alpha value is -3.66. The molecule has 0 aromatic heterocycles. The Kier molecular flexibility index (Phi) is 4.30. The Morgan fingerprint density at radius 1 is 0.704 bits per heavy atom. The van der Waals surface area contributed by atoms with E-state index in [-0.39, 0.29) is 10.6 Å². The van der Waals surface area contributed by atoms with Crippen LogP contribution in [0.1, 0.15) is 0 Å². The molecule has 4 aromatic rings. The van der Waals surface area contributed by atoms with E-state index in [0.29, 0.717) is 0 Å². The normalized spacial score (nSPS) is 10.7. The first-order valence-corrected chi connectivity index (χ1v) is 8.58. The second-order valence-corrected chi connectivity index (χ2v) is 6.24. The lowest BCUT2D eigenvalue weighted by Crippen LogP contribution is -1.88. The highest BCUT2D eigenvalue weighted by atomic mass is 16.6. The summed E-state index contributed by atoms with van der Waals surface area (Å²) in [6, 6.07) is 27.1. The molecule has 27 heavy (non-hydrogen) atoms. The lowest BCUT2D eigenvalue weighted by molar-refractivity contribution is -0.384. The molecule has 0 aliphatic carbocycles. The topological polar surface area (TPSA) is 52.4 Å². The third-order valence-corrected chi connectivity index (χ3v) is 4.71. The van der Waals surface area contributed by atoms with E-state index >= 15 is 0 Å². The Morgan fingerprint density at radius 2 is 1.19 bits per heavy atom. The van der Waals surface area contributed by atoms with Crippen LogP contribution in [-0.2, 0) is 0 Å². The van der Waals surface area contributed by atoms with Gasteiger partial charge in [0.25, 0.3) is 5.69 Å². The van der Waals surface area contributed by atoms with E-state index < -0.39 is 0 Å². The Labute approximate surface area is 156 Å². The Morgan fingerprint density at radius 3 is 1.63 bits per heavy atom. The second-order valence-electron chi connectivity index (χ2n) is 6.24. The van der Waals surface area contributed by atoms with Crippen LogP contribution in [-0.4, -0.2) is 12.0 Å². The van der Waals surface area contributed by atoms with E-state index in [4.69, 9.17) is 4.74 Å². The first-order chi connectivity index (χ1) is 13.2. The molecule has 4 heteroatoms. The number of hydrogen-bond donors (Lipinski definition) is 0. The van der Waals surface area contributed by atoms with Crippen molar-refractivity contribution in [1.29, 1.82) is 0 Å². The maximum atomic E-state index is 10.9. The number of hydrogen-bond acceptors (Lipinski definition) is 3. The van der Waals surface area contributed by atoms with Gasteiger partial charge < -0.3 is 4.74 Å². The van der Waals surface area contributed by atoms with E-state index in [1.54, 1.807) is 31.4 Å². The smallest absolute Gasteiger partial charge is 0.269 e. The molecule has 0 radical (unpaired) electrons. The molecule has 0 saturated heterocycles. The van der Waals surface area contributed by atoms with Crippen molar-refractivity contribution in [3.63, 3.8) is 0 Å². The fraction of sp³-hybridized carbons (Fsp3) is 0.0435. The minimum Gasteiger partial charge on any atom is -0.497 e. The summed E-state index contributed by atoms with van der Waals surface area (Å²) in [6.45, 7) is 0. The van der Waals surface area contributed by atoms with E-state index in [1.807, 2.05) is 42.5 Å². The van der Waals surface area contributed by atoms with Crippen LogP contribution in [0.2, 0.25) is 0 Å². The number of methoxy groups -OCH3 is 1. The van der Waals surface area contributed by atoms with Gasteiger partial charge in [-0.1, -0.05) is 48.5 Å². The molecule has 0 spiro atoms. The molecule has 4 rings (SSSR count). The SMILES string of the molecule is COc1ccc(-c2cccc3c(-c4ccc([N+](=O)[O-])cc4)cccc23)cc1. The van der Waals surface area contributed by atoms with Gasteiger partial charge in [0.1, 0.15) is 5.75 Å². The molecular weight excluding hydrogens is 338 g/mol. The lowest BCUT2D eigenvalue weighted by atomic mass is 9.93. The largest absolute Gasteiger partial charge is 0.497 e. The highest BCUT2D eigenvalue weighted by Crippen LogP contribution is 2.35. The number of nitro benzene ring substituents is 1. The summed E-state index contributed by atoms with van der Waals surface area (Å²) < 4.78 is 5.25. The number of nitrogens with zero attached hydrogens (tertiary/aromatic N) is 1. The van der Waals surface area contributed by atoms with Crippen molar-refractivity contribution in [3.05, 3.63) is 95.0 Å². The third-order valence-electron chi connectivity index (χ3n) is 4.71. The van der Waals surface area contributed by atoms with E-state index in [2.05, 4.69) is 18.2 Å². The number of benzene rings is 4. The lowest BCUT2D eigenvalue weighted by Gasteiger charge is -2.11. The van der Waals surface area contributed by atoms with Crippen LogP contribution in [0.3, 0.4) is 0 Å². The predicted octanol–water partition coefficient (Wildman–Crippen LogP) is 6.09. The zero-order valence-electron chi connectivity index (χ0n) is 14.8. The maximum Gasteiger partial charge on any atom is 0.269 e. The van der Waals surface area contributed by atoms with Crippen molar-refractivity contribution in [2.24, 2.45) is 0 Å². The summed E-state index contributed by atoms with van der Waals surface area (Å²) in [7, 11) is 1.66. The van der Waals surface area contributed by atoms with Gasteiger partial charge in [0.05, 0.1) is 12.0 Å². The van der Waals surface area contributed by atoms with E-state index in [0.717, 1.165) is 38.8 Å². The summed E-state index contributed by atoms with van der Waals surface area (Å²) in [5.41, 5.74) is 4.36. The number of ether oxygens (including phenoxy) is 1. The Balaban J connectivity index is 1.85. The van der Waals surface area contributed by atoms with Crippen molar-refractivity contribution in [2.75, 3.05) is 7.11 Å². The molecule has 132 valence electrons. The van der Waals surface area contributed by atoms with Crippen molar-refractivity contribution in [3.8, 4) is 28.0 Å². The van der Waals surface area contributed by atoms with Gasteiger partial charge in [0.15, 0.2) is 0 Å². The molecule has 0 saturated carbocycles. The number of rotatable bonds is 4. The monoisotopic (exact) mass is 355 g/mol. The van der Waals surface area contributed by atoms with Gasteiger partial charge in [0, 0.05) is 12.1 Å². The van der Waals surface area contributed by atoms with E-state index in [9.17, 15) is 10.1 Å². The highest BCUT2D eigenvalue weighted by molar-refractivity contribution is 6.04.